The Kier molecular flexibility index (Phi) is 3.06. The molecule has 86 valence electrons. The number of hydrogen-bond donors (Lipinski definition) is 2. The van der Waals surface area contributed by atoms with Gasteiger partial charge >= 0.3 is 0 Å². The van der Waals surface area contributed by atoms with E-state index in [1.165, 1.54) is 12.8 Å². The normalized spacial score (nSPS) is 14.9. The first-order valence-corrected chi connectivity index (χ1v) is 5.92. The molecule has 3 nitrogen and oxygen atoms in total. The van der Waals surface area contributed by atoms with Gasteiger partial charge in [0.1, 0.15) is 5.84 Å². The van der Waals surface area contributed by atoms with Gasteiger partial charge in [-0.1, -0.05) is 11.6 Å². The fourth-order valence-corrected chi connectivity index (χ4v) is 2.21. The first kappa shape index (κ1) is 11.3. The number of nitrogens with zero attached hydrogens (tertiary/aromatic N) is 1. The highest BCUT2D eigenvalue weighted by Crippen LogP contribution is 2.35. The van der Waals surface area contributed by atoms with Gasteiger partial charge in [0.25, 0.3) is 0 Å². The Hall–Kier alpha value is -1.22. The lowest BCUT2D eigenvalue weighted by molar-refractivity contribution is 0.826. The predicted molar refractivity (Wildman–Crippen MR) is 68.5 cm³/mol. The van der Waals surface area contributed by atoms with Crippen molar-refractivity contribution in [3.05, 3.63) is 28.8 Å². The van der Waals surface area contributed by atoms with Gasteiger partial charge in [-0.25, -0.2) is 0 Å². The zero-order valence-electron chi connectivity index (χ0n) is 9.33. The van der Waals surface area contributed by atoms with Gasteiger partial charge in [-0.3, -0.25) is 5.41 Å². The molecule has 1 aliphatic rings. The number of nitrogen functional groups attached to an aromatic ring is 1. The Balaban J connectivity index is 2.30. The standard InChI is InChI=1S/C12H16ClN3/c1-2-16(9-4-5-9)11-6-3-8(12(14)15)7-10(11)13/h3,6-7,9H,2,4-5H2,1H3,(H3,14,15). The van der Waals surface area contributed by atoms with Crippen molar-refractivity contribution in [3.8, 4) is 0 Å². The van der Waals surface area contributed by atoms with Crippen molar-refractivity contribution >= 4 is 23.1 Å². The van der Waals surface area contributed by atoms with Crippen LogP contribution in [-0.2, 0) is 0 Å². The summed E-state index contributed by atoms with van der Waals surface area (Å²) in [6.07, 6.45) is 2.50. The maximum Gasteiger partial charge on any atom is 0.122 e. The molecule has 0 spiro atoms. The third-order valence-corrected chi connectivity index (χ3v) is 3.20. The lowest BCUT2D eigenvalue weighted by Crippen LogP contribution is -2.25. The average molecular weight is 238 g/mol. The van der Waals surface area contributed by atoms with E-state index in [2.05, 4.69) is 11.8 Å². The van der Waals surface area contributed by atoms with Crippen molar-refractivity contribution in [2.45, 2.75) is 25.8 Å². The molecule has 1 aromatic rings. The van der Waals surface area contributed by atoms with Gasteiger partial charge in [0, 0.05) is 18.2 Å². The molecule has 0 amide bonds. The molecular formula is C12H16ClN3. The number of nitrogens with one attached hydrogen (secondary N) is 1. The molecule has 1 fully saturated rings. The van der Waals surface area contributed by atoms with E-state index in [-0.39, 0.29) is 5.84 Å². The van der Waals surface area contributed by atoms with E-state index in [1.54, 1.807) is 6.07 Å². The van der Waals surface area contributed by atoms with Gasteiger partial charge in [0.2, 0.25) is 0 Å². The zero-order chi connectivity index (χ0) is 11.7. The van der Waals surface area contributed by atoms with Crippen LogP contribution in [0.5, 0.6) is 0 Å². The second kappa shape index (κ2) is 4.34. The van der Waals surface area contributed by atoms with Gasteiger partial charge in [-0.15, -0.1) is 0 Å². The van der Waals surface area contributed by atoms with Crippen molar-refractivity contribution < 1.29 is 0 Å². The zero-order valence-corrected chi connectivity index (χ0v) is 10.1. The van der Waals surface area contributed by atoms with Crippen LogP contribution in [0.4, 0.5) is 5.69 Å². The quantitative estimate of drug-likeness (QED) is 0.625. The number of benzene rings is 1. The SMILES string of the molecule is CCN(c1ccc(C(=N)N)cc1Cl)C1CC1. The van der Waals surface area contributed by atoms with Crippen LogP contribution in [-0.4, -0.2) is 18.4 Å². The maximum absolute atomic E-state index is 7.36. The summed E-state index contributed by atoms with van der Waals surface area (Å²) in [6, 6.07) is 6.23. The van der Waals surface area contributed by atoms with Crippen LogP contribution in [0, 0.1) is 5.41 Å². The van der Waals surface area contributed by atoms with Crippen molar-refractivity contribution in [1.29, 1.82) is 5.41 Å². The van der Waals surface area contributed by atoms with Crippen molar-refractivity contribution in [2.75, 3.05) is 11.4 Å². The topological polar surface area (TPSA) is 53.1 Å². The van der Waals surface area contributed by atoms with E-state index in [4.69, 9.17) is 22.7 Å². The molecule has 0 bridgehead atoms. The average Bonchev–Trinajstić information content (AvgIpc) is 3.05. The highest BCUT2D eigenvalue weighted by Gasteiger charge is 2.29. The van der Waals surface area contributed by atoms with Gasteiger partial charge < -0.3 is 10.6 Å². The summed E-state index contributed by atoms with van der Waals surface area (Å²) in [5.41, 5.74) is 7.16. The van der Waals surface area contributed by atoms with E-state index in [0.29, 0.717) is 16.6 Å². The lowest BCUT2D eigenvalue weighted by Gasteiger charge is -2.24. The number of amidine groups is 1. The number of halogens is 1. The van der Waals surface area contributed by atoms with Crippen LogP contribution in [0.3, 0.4) is 0 Å². The number of nitrogens with two attached hydrogens (primary N) is 1. The third-order valence-electron chi connectivity index (χ3n) is 2.90. The van der Waals surface area contributed by atoms with E-state index >= 15 is 0 Å². The Morgan fingerprint density at radius 2 is 2.25 bits per heavy atom. The minimum absolute atomic E-state index is 0.0583. The molecule has 2 rings (SSSR count). The predicted octanol–water partition coefficient (Wildman–Crippen LogP) is 2.61. The van der Waals surface area contributed by atoms with Gasteiger partial charge in [0.05, 0.1) is 10.7 Å². The highest BCUT2D eigenvalue weighted by molar-refractivity contribution is 6.33. The first-order chi connectivity index (χ1) is 7.63. The summed E-state index contributed by atoms with van der Waals surface area (Å²) in [6.45, 7) is 3.09. The Morgan fingerprint density at radius 1 is 1.56 bits per heavy atom. The molecule has 1 aliphatic carbocycles. The summed E-state index contributed by atoms with van der Waals surface area (Å²) >= 11 is 6.22. The molecule has 3 N–H and O–H groups in total. The fourth-order valence-electron chi connectivity index (χ4n) is 1.92. The number of hydrogen-bond acceptors (Lipinski definition) is 2. The minimum Gasteiger partial charge on any atom is -0.384 e. The number of rotatable bonds is 4. The molecule has 1 saturated carbocycles. The molecule has 0 radical (unpaired) electrons. The molecule has 0 saturated heterocycles. The van der Waals surface area contributed by atoms with E-state index in [0.717, 1.165) is 12.2 Å². The second-order valence-corrected chi connectivity index (χ2v) is 4.50. The molecule has 0 unspecified atom stereocenters. The van der Waals surface area contributed by atoms with Gasteiger partial charge in [0.15, 0.2) is 0 Å². The summed E-state index contributed by atoms with van der Waals surface area (Å²) in [5.74, 6) is 0.0583. The highest BCUT2D eigenvalue weighted by atomic mass is 35.5. The van der Waals surface area contributed by atoms with E-state index in [9.17, 15) is 0 Å². The van der Waals surface area contributed by atoms with Crippen LogP contribution in [0.1, 0.15) is 25.3 Å². The largest absolute Gasteiger partial charge is 0.384 e. The molecule has 0 aromatic heterocycles. The smallest absolute Gasteiger partial charge is 0.122 e. The summed E-state index contributed by atoms with van der Waals surface area (Å²) in [5, 5.41) is 8.04. The van der Waals surface area contributed by atoms with Crippen LogP contribution < -0.4 is 10.6 Å². The molecule has 1 aromatic carbocycles. The van der Waals surface area contributed by atoms with Gasteiger partial charge in [-0.05, 0) is 38.0 Å². The first-order valence-electron chi connectivity index (χ1n) is 5.54. The Bertz CT molecular complexity index is 413. The van der Waals surface area contributed by atoms with Gasteiger partial charge in [-0.2, -0.15) is 0 Å². The molecule has 0 heterocycles. The van der Waals surface area contributed by atoms with Crippen LogP contribution >= 0.6 is 11.6 Å². The molecular weight excluding hydrogens is 222 g/mol. The van der Waals surface area contributed by atoms with Crippen molar-refractivity contribution in [1.82, 2.24) is 0 Å². The number of anilines is 1. The lowest BCUT2D eigenvalue weighted by atomic mass is 10.1. The van der Waals surface area contributed by atoms with Crippen molar-refractivity contribution in [2.24, 2.45) is 5.73 Å². The third kappa shape index (κ3) is 2.14. The van der Waals surface area contributed by atoms with E-state index < -0.39 is 0 Å². The van der Waals surface area contributed by atoms with Crippen LogP contribution in [0.15, 0.2) is 18.2 Å². The minimum atomic E-state index is 0.0583. The van der Waals surface area contributed by atoms with Crippen molar-refractivity contribution in [3.63, 3.8) is 0 Å². The summed E-state index contributed by atoms with van der Waals surface area (Å²) in [7, 11) is 0. The monoisotopic (exact) mass is 237 g/mol. The van der Waals surface area contributed by atoms with Crippen LogP contribution in [0.2, 0.25) is 5.02 Å². The van der Waals surface area contributed by atoms with E-state index in [1.807, 2.05) is 12.1 Å². The van der Waals surface area contributed by atoms with Crippen LogP contribution in [0.25, 0.3) is 0 Å². The fraction of sp³-hybridized carbons (Fsp3) is 0.417. The Labute approximate surface area is 101 Å². The molecule has 0 atom stereocenters. The Morgan fingerprint density at radius 3 is 2.69 bits per heavy atom. The summed E-state index contributed by atoms with van der Waals surface area (Å²) < 4.78 is 0. The second-order valence-electron chi connectivity index (χ2n) is 4.10. The summed E-state index contributed by atoms with van der Waals surface area (Å²) in [4.78, 5) is 2.31. The maximum atomic E-state index is 7.36. The molecule has 4 heteroatoms. The molecule has 16 heavy (non-hydrogen) atoms. The molecule has 0 aliphatic heterocycles.